The first-order chi connectivity index (χ1) is 22.1. The average Bonchev–Trinajstić information content (AvgIpc) is 3.00. The zero-order valence-electron chi connectivity index (χ0n) is 24.0. The number of aromatic hydroxyl groups is 7. The van der Waals surface area contributed by atoms with E-state index in [2.05, 4.69) is 0 Å². The minimum Gasteiger partial charge on any atom is -0.508 e. The van der Waals surface area contributed by atoms with Crippen LogP contribution in [0.1, 0.15) is 34.5 Å². The van der Waals surface area contributed by atoms with Gasteiger partial charge in [-0.15, -0.1) is 0 Å². The Morgan fingerprint density at radius 2 is 1.47 bits per heavy atom. The van der Waals surface area contributed by atoms with Gasteiger partial charge in [0.05, 0.1) is 11.1 Å². The molecular weight excluding hydrogens is 632 g/mol. The molecule has 2 heterocycles. The molecule has 0 aliphatic carbocycles. The number of aliphatic hydroxyl groups excluding tert-OH is 3. The maximum absolute atomic E-state index is 13.0. The molecule has 2 aliphatic heterocycles. The van der Waals surface area contributed by atoms with Crippen molar-refractivity contribution in [2.75, 3.05) is 6.61 Å². The van der Waals surface area contributed by atoms with Gasteiger partial charge in [0.1, 0.15) is 47.9 Å². The molecule has 6 atom stereocenters. The van der Waals surface area contributed by atoms with Gasteiger partial charge in [-0.1, -0.05) is 0 Å². The fraction of sp³-hybridized carbons (Fsp3) is 0.267. The lowest BCUT2D eigenvalue weighted by Crippen LogP contribution is -2.61. The van der Waals surface area contributed by atoms with E-state index in [4.69, 9.17) is 23.7 Å². The zero-order valence-corrected chi connectivity index (χ0v) is 24.0. The SMILES string of the molecule is CC(=O)OC[C@@H]1O[C@@H](Oc2cc(C3Oc4cc(O)cc(O)c4C=C3O)cc(O)c2O)[C@H](OC(=O)c2cc(O)c(O)c(O)c2)[C@@H](O)[C@@H]1O. The number of aliphatic hydroxyl groups is 3. The summed E-state index contributed by atoms with van der Waals surface area (Å²) >= 11 is 0. The number of rotatable bonds is 7. The molecule has 17 heteroatoms. The molecule has 0 bridgehead atoms. The monoisotopic (exact) mass is 660 g/mol. The van der Waals surface area contributed by atoms with Gasteiger partial charge in [0, 0.05) is 24.6 Å². The topological polar surface area (TPSA) is 283 Å². The molecule has 3 aromatic rings. The Morgan fingerprint density at radius 1 is 0.809 bits per heavy atom. The number of phenols is 7. The highest BCUT2D eigenvalue weighted by molar-refractivity contribution is 5.91. The number of carbonyl (C=O) groups excluding carboxylic acids is 2. The van der Waals surface area contributed by atoms with Crippen molar-refractivity contribution in [2.45, 2.75) is 43.7 Å². The number of fused-ring (bicyclic) bond motifs is 1. The van der Waals surface area contributed by atoms with E-state index in [9.17, 15) is 60.7 Å². The zero-order chi connectivity index (χ0) is 34.3. The highest BCUT2D eigenvalue weighted by Gasteiger charge is 2.49. The average molecular weight is 661 g/mol. The largest absolute Gasteiger partial charge is 0.508 e. The Balaban J connectivity index is 1.48. The quantitative estimate of drug-likeness (QED) is 0.126. The van der Waals surface area contributed by atoms with Crippen molar-refractivity contribution in [1.29, 1.82) is 0 Å². The van der Waals surface area contributed by atoms with Crippen LogP contribution in [0.3, 0.4) is 0 Å². The molecule has 5 rings (SSSR count). The van der Waals surface area contributed by atoms with E-state index in [-0.39, 0.29) is 22.6 Å². The number of hydrogen-bond acceptors (Lipinski definition) is 17. The molecular formula is C30H28O17. The van der Waals surface area contributed by atoms with Gasteiger partial charge < -0.3 is 74.7 Å². The van der Waals surface area contributed by atoms with E-state index in [1.165, 1.54) is 0 Å². The van der Waals surface area contributed by atoms with Crippen molar-refractivity contribution in [2.24, 2.45) is 0 Å². The Hall–Kier alpha value is -5.78. The molecule has 0 amide bonds. The van der Waals surface area contributed by atoms with Crippen LogP contribution in [0.25, 0.3) is 6.08 Å². The molecule has 1 saturated heterocycles. The molecule has 2 aliphatic rings. The lowest BCUT2D eigenvalue weighted by Gasteiger charge is -2.41. The normalized spacial score (nSPS) is 23.5. The van der Waals surface area contributed by atoms with Crippen LogP contribution >= 0.6 is 0 Å². The summed E-state index contributed by atoms with van der Waals surface area (Å²) in [6, 6.07) is 5.70. The Morgan fingerprint density at radius 3 is 2.13 bits per heavy atom. The summed E-state index contributed by atoms with van der Waals surface area (Å²) in [5.41, 5.74) is -0.538. The van der Waals surface area contributed by atoms with Gasteiger partial charge in [0.25, 0.3) is 0 Å². The van der Waals surface area contributed by atoms with E-state index < -0.39 is 107 Å². The fourth-order valence-electron chi connectivity index (χ4n) is 4.85. The maximum atomic E-state index is 13.0. The summed E-state index contributed by atoms with van der Waals surface area (Å²) in [5, 5.41) is 103. The van der Waals surface area contributed by atoms with Crippen LogP contribution in [-0.2, 0) is 19.0 Å². The van der Waals surface area contributed by atoms with Crippen LogP contribution in [0.15, 0.2) is 42.2 Å². The molecule has 1 fully saturated rings. The smallest absolute Gasteiger partial charge is 0.339 e. The second-order valence-corrected chi connectivity index (χ2v) is 10.5. The van der Waals surface area contributed by atoms with Crippen molar-refractivity contribution in [3.63, 3.8) is 0 Å². The van der Waals surface area contributed by atoms with Crippen LogP contribution in [0.2, 0.25) is 0 Å². The van der Waals surface area contributed by atoms with Crippen LogP contribution in [-0.4, -0.2) is 100 Å². The third-order valence-electron chi connectivity index (χ3n) is 7.18. The third kappa shape index (κ3) is 6.48. The summed E-state index contributed by atoms with van der Waals surface area (Å²) in [4.78, 5) is 24.4. The van der Waals surface area contributed by atoms with Crippen LogP contribution < -0.4 is 9.47 Å². The second kappa shape index (κ2) is 12.5. The predicted octanol–water partition coefficient (Wildman–Crippen LogP) is 1.27. The van der Waals surface area contributed by atoms with Crippen molar-refractivity contribution < 1.29 is 84.3 Å². The van der Waals surface area contributed by atoms with Gasteiger partial charge in [-0.25, -0.2) is 4.79 Å². The van der Waals surface area contributed by atoms with Gasteiger partial charge in [0.2, 0.25) is 12.0 Å². The second-order valence-electron chi connectivity index (χ2n) is 10.5. The van der Waals surface area contributed by atoms with Gasteiger partial charge in [-0.2, -0.15) is 0 Å². The van der Waals surface area contributed by atoms with Crippen molar-refractivity contribution in [1.82, 2.24) is 0 Å². The number of carbonyl (C=O) groups is 2. The van der Waals surface area contributed by atoms with E-state index in [0.29, 0.717) is 0 Å². The van der Waals surface area contributed by atoms with Crippen molar-refractivity contribution in [3.8, 4) is 51.7 Å². The van der Waals surface area contributed by atoms with E-state index in [1.54, 1.807) is 0 Å². The van der Waals surface area contributed by atoms with Crippen molar-refractivity contribution >= 4 is 18.0 Å². The Labute approximate surface area is 263 Å². The van der Waals surface area contributed by atoms with Crippen LogP contribution in [0, 0.1) is 0 Å². The number of benzene rings is 3. The molecule has 1 unspecified atom stereocenters. The van der Waals surface area contributed by atoms with E-state index >= 15 is 0 Å². The minimum absolute atomic E-state index is 0.0397. The minimum atomic E-state index is -2.01. The first-order valence-electron chi connectivity index (χ1n) is 13.6. The molecule has 0 saturated carbocycles. The molecule has 0 radical (unpaired) electrons. The van der Waals surface area contributed by atoms with Gasteiger partial charge in [0.15, 0.2) is 41.0 Å². The van der Waals surface area contributed by atoms with E-state index in [0.717, 1.165) is 49.4 Å². The van der Waals surface area contributed by atoms with Gasteiger partial charge in [-0.05, 0) is 30.3 Å². The number of esters is 2. The fourth-order valence-corrected chi connectivity index (χ4v) is 4.85. The number of phenolic OH excluding ortho intramolecular Hbond substituents is 7. The summed E-state index contributed by atoms with van der Waals surface area (Å²) in [6.45, 7) is 0.454. The van der Waals surface area contributed by atoms with Crippen LogP contribution in [0.4, 0.5) is 0 Å². The maximum Gasteiger partial charge on any atom is 0.339 e. The third-order valence-corrected chi connectivity index (χ3v) is 7.18. The molecule has 0 spiro atoms. The standard InChI is InChI=1S/C30H28O17/c1-10(31)43-9-22-25(40)26(41)28(47-29(42)12-3-16(34)23(38)17(35)4-12)30(46-22)45-21-5-11(2-18(36)24(21)39)27-19(37)8-14-15(33)6-13(32)7-20(14)44-27/h2-8,22,25-28,30,32-41H,9H2,1H3/t22-,25+,26-,27?,28+,30+/m0/s1. The summed E-state index contributed by atoms with van der Waals surface area (Å²) in [7, 11) is 0. The molecule has 10 N–H and O–H groups in total. The molecule has 17 nitrogen and oxygen atoms in total. The lowest BCUT2D eigenvalue weighted by molar-refractivity contribution is -0.277. The molecule has 250 valence electrons. The summed E-state index contributed by atoms with van der Waals surface area (Å²) in [6.07, 6.45) is -9.47. The van der Waals surface area contributed by atoms with Crippen LogP contribution in [0.5, 0.6) is 51.7 Å². The highest BCUT2D eigenvalue weighted by Crippen LogP contribution is 2.46. The first-order valence-corrected chi connectivity index (χ1v) is 13.6. The lowest BCUT2D eigenvalue weighted by atomic mass is 9.98. The Bertz CT molecular complexity index is 1730. The molecule has 3 aromatic carbocycles. The molecule has 47 heavy (non-hydrogen) atoms. The number of ether oxygens (including phenoxy) is 5. The first kappa shape index (κ1) is 32.6. The summed E-state index contributed by atoms with van der Waals surface area (Å²) < 4.78 is 27.2. The Kier molecular flexibility index (Phi) is 8.70. The number of hydrogen-bond donors (Lipinski definition) is 10. The van der Waals surface area contributed by atoms with Crippen molar-refractivity contribution in [3.05, 3.63) is 58.8 Å². The van der Waals surface area contributed by atoms with E-state index in [1.807, 2.05) is 0 Å². The predicted molar refractivity (Wildman–Crippen MR) is 152 cm³/mol. The highest BCUT2D eigenvalue weighted by atomic mass is 16.7. The van der Waals surface area contributed by atoms with Gasteiger partial charge in [-0.3, -0.25) is 4.79 Å². The molecule has 0 aromatic heterocycles. The summed E-state index contributed by atoms with van der Waals surface area (Å²) in [5.74, 6) is -8.40. The van der Waals surface area contributed by atoms with Gasteiger partial charge >= 0.3 is 11.9 Å².